The Morgan fingerprint density at radius 1 is 1.39 bits per heavy atom. The molecule has 5 nitrogen and oxygen atoms in total. The van der Waals surface area contributed by atoms with Gasteiger partial charge in [0.2, 0.25) is 0 Å². The molecular weight excluding hydrogens is 368 g/mol. The number of morpholine rings is 1. The second-order valence-electron chi connectivity index (χ2n) is 6.83. The van der Waals surface area contributed by atoms with Crippen molar-refractivity contribution in [2.75, 3.05) is 46.4 Å². The fourth-order valence-electron chi connectivity index (χ4n) is 3.15. The summed E-state index contributed by atoms with van der Waals surface area (Å²) < 4.78 is 5.42. The molecule has 0 unspecified atom stereocenters. The molecule has 152 valence electrons. The first-order valence-electron chi connectivity index (χ1n) is 9.65. The smallest absolute Gasteiger partial charge is 0.130 e. The summed E-state index contributed by atoms with van der Waals surface area (Å²) in [6.07, 6.45) is 11.8. The van der Waals surface area contributed by atoms with Gasteiger partial charge in [-0.05, 0) is 36.0 Å². The maximum absolute atomic E-state index is 6.07. The summed E-state index contributed by atoms with van der Waals surface area (Å²) in [6.45, 7) is 13.6. The Morgan fingerprint density at radius 2 is 2.14 bits per heavy atom. The predicted octanol–water partition coefficient (Wildman–Crippen LogP) is 3.28. The Hall–Kier alpha value is -2.02. The minimum Gasteiger partial charge on any atom is -0.383 e. The maximum Gasteiger partial charge on any atom is 0.130 e. The first kappa shape index (κ1) is 22.3. The first-order chi connectivity index (χ1) is 13.5. The van der Waals surface area contributed by atoms with Crippen LogP contribution in [0.2, 0.25) is 0 Å². The summed E-state index contributed by atoms with van der Waals surface area (Å²) >= 11 is 4.06. The molecule has 1 aliphatic heterocycles. The number of amidine groups is 1. The van der Waals surface area contributed by atoms with E-state index in [1.165, 1.54) is 0 Å². The molecular formula is C22H32N4OS. The van der Waals surface area contributed by atoms with Crippen LogP contribution in [0.4, 0.5) is 0 Å². The number of hydrogen-bond acceptors (Lipinski definition) is 5. The molecule has 0 radical (unpaired) electrons. The molecule has 2 rings (SSSR count). The molecule has 2 N–H and O–H groups in total. The second-order valence-corrected chi connectivity index (χ2v) is 7.12. The van der Waals surface area contributed by atoms with E-state index >= 15 is 0 Å². The van der Waals surface area contributed by atoms with Gasteiger partial charge in [0.05, 0.1) is 18.9 Å². The number of aliphatic imine (C=N–C) groups is 1. The minimum absolute atomic E-state index is 0.393. The lowest BCUT2D eigenvalue weighted by atomic mass is 10.1. The van der Waals surface area contributed by atoms with E-state index < -0.39 is 0 Å². The van der Waals surface area contributed by atoms with Crippen molar-refractivity contribution in [2.45, 2.75) is 12.8 Å². The Labute approximate surface area is 174 Å². The quantitative estimate of drug-likeness (QED) is 0.270. The summed E-state index contributed by atoms with van der Waals surface area (Å²) in [5.74, 6) is 0.393. The molecule has 1 fully saturated rings. The molecule has 2 aliphatic rings. The molecule has 0 aromatic rings. The van der Waals surface area contributed by atoms with Gasteiger partial charge >= 0.3 is 0 Å². The number of hydrogen-bond donors (Lipinski definition) is 2. The summed E-state index contributed by atoms with van der Waals surface area (Å²) in [4.78, 5) is 9.27. The Morgan fingerprint density at radius 3 is 2.82 bits per heavy atom. The first-order valence-corrected chi connectivity index (χ1v) is 10.2. The molecule has 6 heteroatoms. The lowest BCUT2D eigenvalue weighted by molar-refractivity contribution is 0.0367. The molecule has 0 spiro atoms. The monoisotopic (exact) mass is 400 g/mol. The molecule has 1 heterocycles. The highest BCUT2D eigenvalue weighted by Gasteiger charge is 2.14. The van der Waals surface area contributed by atoms with Crippen LogP contribution in [0.15, 0.2) is 76.5 Å². The second kappa shape index (κ2) is 11.7. The Balaban J connectivity index is 2.07. The average Bonchev–Trinajstić information content (AvgIpc) is 2.91. The predicted molar refractivity (Wildman–Crippen MR) is 122 cm³/mol. The molecule has 1 aliphatic carbocycles. The van der Waals surface area contributed by atoms with Gasteiger partial charge in [0.15, 0.2) is 0 Å². The summed E-state index contributed by atoms with van der Waals surface area (Å²) in [6, 6.07) is 0. The van der Waals surface area contributed by atoms with Crippen molar-refractivity contribution in [2.24, 2.45) is 10.7 Å². The molecule has 0 bridgehead atoms. The van der Waals surface area contributed by atoms with Crippen LogP contribution in [-0.2, 0) is 4.74 Å². The van der Waals surface area contributed by atoms with Crippen molar-refractivity contribution in [3.05, 3.63) is 71.5 Å². The zero-order chi connectivity index (χ0) is 20.4. The SMILES string of the molecule is C=CC1=CCC=C(N=C(N)C(=C)/C=C\S)C=C1N(C)CCCN1CCOCC1. The van der Waals surface area contributed by atoms with Gasteiger partial charge in [0.25, 0.3) is 0 Å². The van der Waals surface area contributed by atoms with Crippen molar-refractivity contribution >= 4 is 18.5 Å². The van der Waals surface area contributed by atoms with Crippen molar-refractivity contribution in [3.63, 3.8) is 0 Å². The van der Waals surface area contributed by atoms with Crippen LogP contribution in [0.5, 0.6) is 0 Å². The fourth-order valence-corrected chi connectivity index (χ4v) is 3.33. The van der Waals surface area contributed by atoms with Crippen molar-refractivity contribution in [1.82, 2.24) is 9.80 Å². The zero-order valence-corrected chi connectivity index (χ0v) is 17.7. The van der Waals surface area contributed by atoms with Crippen LogP contribution in [0.25, 0.3) is 0 Å². The van der Waals surface area contributed by atoms with Gasteiger partial charge in [-0.2, -0.15) is 12.6 Å². The number of thiol groups is 1. The standard InChI is InChI=1S/C22H32N4OS/c1-4-19-7-5-8-20(24-22(23)18(2)9-16-28)17-21(19)25(3)10-6-11-26-12-14-27-15-13-26/h4,7-9,16-17,28H,1-2,5-6,10-15H2,3H3,(H2,23,24)/b16-9-. The highest BCUT2D eigenvalue weighted by molar-refractivity contribution is 7.83. The van der Waals surface area contributed by atoms with E-state index in [0.717, 1.165) is 69.2 Å². The molecule has 28 heavy (non-hydrogen) atoms. The lowest BCUT2D eigenvalue weighted by Crippen LogP contribution is -2.37. The molecule has 1 saturated heterocycles. The maximum atomic E-state index is 6.07. The zero-order valence-electron chi connectivity index (χ0n) is 16.8. The van der Waals surface area contributed by atoms with Crippen LogP contribution in [0.1, 0.15) is 12.8 Å². The van der Waals surface area contributed by atoms with Crippen LogP contribution in [0, 0.1) is 0 Å². The van der Waals surface area contributed by atoms with Crippen LogP contribution >= 0.6 is 12.6 Å². The molecule has 0 atom stereocenters. The van der Waals surface area contributed by atoms with Gasteiger partial charge in [0.1, 0.15) is 5.84 Å². The normalized spacial score (nSPS) is 18.9. The van der Waals surface area contributed by atoms with E-state index in [2.05, 4.69) is 65.9 Å². The van der Waals surface area contributed by atoms with E-state index in [-0.39, 0.29) is 0 Å². The van der Waals surface area contributed by atoms with Gasteiger partial charge in [-0.3, -0.25) is 4.90 Å². The highest BCUT2D eigenvalue weighted by atomic mass is 32.1. The van der Waals surface area contributed by atoms with Gasteiger partial charge in [-0.15, -0.1) is 0 Å². The third kappa shape index (κ3) is 6.86. The van der Waals surface area contributed by atoms with E-state index in [9.17, 15) is 0 Å². The summed E-state index contributed by atoms with van der Waals surface area (Å²) in [7, 11) is 2.11. The summed E-state index contributed by atoms with van der Waals surface area (Å²) in [5.41, 5.74) is 9.76. The average molecular weight is 401 g/mol. The third-order valence-corrected chi connectivity index (χ3v) is 4.95. The molecule has 0 aromatic carbocycles. The van der Waals surface area contributed by atoms with Gasteiger partial charge in [-0.25, -0.2) is 4.99 Å². The van der Waals surface area contributed by atoms with Crippen molar-refractivity contribution in [3.8, 4) is 0 Å². The third-order valence-electron chi connectivity index (χ3n) is 4.80. The fraction of sp³-hybridized carbons (Fsp3) is 0.409. The summed E-state index contributed by atoms with van der Waals surface area (Å²) in [5, 5.41) is 1.60. The lowest BCUT2D eigenvalue weighted by Gasteiger charge is -2.28. The number of nitrogens with zero attached hydrogens (tertiary/aromatic N) is 3. The number of allylic oxidation sites excluding steroid dienone is 4. The van der Waals surface area contributed by atoms with Crippen LogP contribution in [-0.4, -0.2) is 62.1 Å². The van der Waals surface area contributed by atoms with E-state index in [4.69, 9.17) is 10.5 Å². The van der Waals surface area contributed by atoms with Crippen LogP contribution in [0.3, 0.4) is 0 Å². The molecule has 0 aromatic heterocycles. The topological polar surface area (TPSA) is 54.1 Å². The number of rotatable bonds is 9. The molecule has 0 amide bonds. The van der Waals surface area contributed by atoms with Gasteiger partial charge in [0, 0.05) is 44.5 Å². The Bertz CT molecular complexity index is 712. The molecule has 0 saturated carbocycles. The van der Waals surface area contributed by atoms with Gasteiger partial charge < -0.3 is 15.4 Å². The minimum atomic E-state index is 0.393. The van der Waals surface area contributed by atoms with E-state index in [1.807, 2.05) is 6.08 Å². The van der Waals surface area contributed by atoms with Gasteiger partial charge in [-0.1, -0.05) is 31.4 Å². The Kier molecular flexibility index (Phi) is 9.34. The van der Waals surface area contributed by atoms with Crippen LogP contribution < -0.4 is 5.73 Å². The number of nitrogens with two attached hydrogens (primary N) is 1. The van der Waals surface area contributed by atoms with Crippen molar-refractivity contribution < 1.29 is 4.74 Å². The number of likely N-dealkylation sites (N-methyl/N-ethyl adjacent to an activating group) is 1. The number of ether oxygens (including phenoxy) is 1. The van der Waals surface area contributed by atoms with E-state index in [0.29, 0.717) is 11.4 Å². The van der Waals surface area contributed by atoms with E-state index in [1.54, 1.807) is 11.5 Å². The highest BCUT2D eigenvalue weighted by Crippen LogP contribution is 2.23. The van der Waals surface area contributed by atoms with Crippen molar-refractivity contribution in [1.29, 1.82) is 0 Å². The largest absolute Gasteiger partial charge is 0.383 e.